The Bertz CT molecular complexity index is 903. The van der Waals surface area contributed by atoms with Crippen LogP contribution in [0.15, 0.2) is 33.5 Å². The average molecular weight is 373 g/mol. The molecule has 1 aromatic heterocycles. The topological polar surface area (TPSA) is 85.0 Å². The first-order valence-corrected chi connectivity index (χ1v) is 9.35. The van der Waals surface area contributed by atoms with Crippen LogP contribution < -0.4 is 5.76 Å². The van der Waals surface area contributed by atoms with Crippen molar-refractivity contribution in [2.75, 3.05) is 32.8 Å². The van der Waals surface area contributed by atoms with Gasteiger partial charge in [-0.15, -0.1) is 0 Å². The third-order valence-electron chi connectivity index (χ3n) is 5.37. The smallest absolute Gasteiger partial charge is 0.408 e. The zero-order valence-electron chi connectivity index (χ0n) is 15.3. The molecule has 2 aliphatic rings. The molecule has 4 rings (SSSR count). The van der Waals surface area contributed by atoms with E-state index in [4.69, 9.17) is 9.15 Å². The highest BCUT2D eigenvalue weighted by Gasteiger charge is 2.33. The van der Waals surface area contributed by atoms with Gasteiger partial charge in [-0.1, -0.05) is 12.1 Å². The number of hydrogen-bond donors (Lipinski definition) is 0. The van der Waals surface area contributed by atoms with E-state index in [1.54, 1.807) is 41.0 Å². The maximum absolute atomic E-state index is 12.9. The molecule has 0 spiro atoms. The molecule has 2 atom stereocenters. The van der Waals surface area contributed by atoms with Crippen LogP contribution in [0.5, 0.6) is 0 Å². The highest BCUT2D eigenvalue weighted by Crippen LogP contribution is 2.20. The maximum Gasteiger partial charge on any atom is 0.420 e. The lowest BCUT2D eigenvalue weighted by atomic mass is 10.2. The number of hydrogen-bond acceptors (Lipinski definition) is 5. The summed E-state index contributed by atoms with van der Waals surface area (Å²) in [5.41, 5.74) is 1.07. The molecule has 3 heterocycles. The second-order valence-electron chi connectivity index (χ2n) is 7.03. The van der Waals surface area contributed by atoms with E-state index in [2.05, 4.69) is 0 Å². The zero-order chi connectivity index (χ0) is 19.0. The van der Waals surface area contributed by atoms with Gasteiger partial charge in [-0.3, -0.25) is 14.2 Å². The summed E-state index contributed by atoms with van der Waals surface area (Å²) in [5, 5.41) is 0. The third kappa shape index (κ3) is 3.25. The van der Waals surface area contributed by atoms with E-state index in [0.29, 0.717) is 43.9 Å². The van der Waals surface area contributed by atoms with Crippen LogP contribution in [0.4, 0.5) is 0 Å². The molecule has 2 aliphatic heterocycles. The first kappa shape index (κ1) is 17.8. The monoisotopic (exact) mass is 373 g/mol. The fraction of sp³-hybridized carbons (Fsp3) is 0.526. The van der Waals surface area contributed by atoms with Gasteiger partial charge in [-0.05, 0) is 31.9 Å². The van der Waals surface area contributed by atoms with Crippen molar-refractivity contribution in [1.82, 2.24) is 14.4 Å². The molecule has 0 radical (unpaired) electrons. The Morgan fingerprint density at radius 1 is 1.11 bits per heavy atom. The summed E-state index contributed by atoms with van der Waals surface area (Å²) in [7, 11) is 0. The Morgan fingerprint density at radius 2 is 1.81 bits per heavy atom. The molecule has 2 amide bonds. The molecule has 0 aliphatic carbocycles. The van der Waals surface area contributed by atoms with Gasteiger partial charge in [-0.25, -0.2) is 4.79 Å². The molecule has 0 saturated carbocycles. The lowest BCUT2D eigenvalue weighted by Gasteiger charge is -2.36. The number of carbonyl (C=O) groups excluding carboxylic acids is 2. The van der Waals surface area contributed by atoms with Crippen LogP contribution in [0.3, 0.4) is 0 Å². The Hall–Kier alpha value is -2.61. The number of benzene rings is 1. The molecular weight excluding hydrogens is 350 g/mol. The molecule has 8 heteroatoms. The summed E-state index contributed by atoms with van der Waals surface area (Å²) in [5.74, 6) is -0.665. The van der Waals surface area contributed by atoms with E-state index in [9.17, 15) is 14.4 Å². The molecular formula is C19H23N3O5. The standard InChI is InChI=1S/C19H23N3O5/c1-13(22-14-5-2-3-6-15(14)27-19(22)25)17(23)20-8-10-21(11-9-20)18(24)16-7-4-12-26-16/h2-3,5-6,13,16H,4,7-12H2,1H3. The number of piperazine rings is 1. The molecule has 0 N–H and O–H groups in total. The molecule has 1 aromatic carbocycles. The predicted octanol–water partition coefficient (Wildman–Crippen LogP) is 1.01. The zero-order valence-corrected chi connectivity index (χ0v) is 15.3. The minimum Gasteiger partial charge on any atom is -0.408 e. The third-order valence-corrected chi connectivity index (χ3v) is 5.37. The quantitative estimate of drug-likeness (QED) is 0.802. The van der Waals surface area contributed by atoms with Crippen molar-refractivity contribution in [3.63, 3.8) is 0 Å². The van der Waals surface area contributed by atoms with Gasteiger partial charge in [0, 0.05) is 32.8 Å². The van der Waals surface area contributed by atoms with Crippen LogP contribution in [0.2, 0.25) is 0 Å². The Balaban J connectivity index is 1.43. The van der Waals surface area contributed by atoms with Crippen molar-refractivity contribution in [3.05, 3.63) is 34.8 Å². The first-order chi connectivity index (χ1) is 13.1. The molecule has 2 fully saturated rings. The normalized spacial score (nSPS) is 21.6. The SMILES string of the molecule is CC(C(=O)N1CCN(C(=O)C2CCCO2)CC1)n1c(=O)oc2ccccc21. The van der Waals surface area contributed by atoms with Gasteiger partial charge in [0.15, 0.2) is 5.58 Å². The van der Waals surface area contributed by atoms with Gasteiger partial charge >= 0.3 is 5.76 Å². The van der Waals surface area contributed by atoms with Crippen molar-refractivity contribution in [2.24, 2.45) is 0 Å². The summed E-state index contributed by atoms with van der Waals surface area (Å²) in [6.45, 7) is 4.21. The van der Waals surface area contributed by atoms with Crippen molar-refractivity contribution < 1.29 is 18.7 Å². The van der Waals surface area contributed by atoms with Gasteiger partial charge in [0.1, 0.15) is 12.1 Å². The molecule has 0 bridgehead atoms. The van der Waals surface area contributed by atoms with Crippen LogP contribution in [-0.4, -0.2) is 65.1 Å². The van der Waals surface area contributed by atoms with Crippen LogP contribution in [0.25, 0.3) is 11.1 Å². The molecule has 2 unspecified atom stereocenters. The number of carbonyl (C=O) groups is 2. The van der Waals surface area contributed by atoms with E-state index in [-0.39, 0.29) is 17.9 Å². The maximum atomic E-state index is 12.9. The summed E-state index contributed by atoms with van der Waals surface area (Å²) in [6, 6.07) is 6.40. The number of ether oxygens (including phenoxy) is 1. The minimum absolute atomic E-state index is 0.0182. The largest absolute Gasteiger partial charge is 0.420 e. The van der Waals surface area contributed by atoms with Gasteiger partial charge < -0.3 is 19.0 Å². The fourth-order valence-corrected chi connectivity index (χ4v) is 3.85. The Morgan fingerprint density at radius 3 is 2.52 bits per heavy atom. The number of aromatic nitrogens is 1. The van der Waals surface area contributed by atoms with E-state index >= 15 is 0 Å². The number of para-hydroxylation sites is 2. The highest BCUT2D eigenvalue weighted by molar-refractivity contribution is 5.84. The van der Waals surface area contributed by atoms with Crippen LogP contribution >= 0.6 is 0 Å². The second-order valence-corrected chi connectivity index (χ2v) is 7.03. The lowest BCUT2D eigenvalue weighted by molar-refractivity contribution is -0.146. The number of oxazole rings is 1. The van der Waals surface area contributed by atoms with E-state index in [1.807, 2.05) is 0 Å². The van der Waals surface area contributed by atoms with Gasteiger partial charge in [0.05, 0.1) is 5.52 Å². The van der Waals surface area contributed by atoms with Gasteiger partial charge in [0.25, 0.3) is 5.91 Å². The van der Waals surface area contributed by atoms with Crippen LogP contribution in [0, 0.1) is 0 Å². The van der Waals surface area contributed by atoms with Crippen LogP contribution in [-0.2, 0) is 14.3 Å². The molecule has 2 aromatic rings. The summed E-state index contributed by atoms with van der Waals surface area (Å²) in [6.07, 6.45) is 1.35. The molecule has 2 saturated heterocycles. The van der Waals surface area contributed by atoms with Crippen LogP contribution in [0.1, 0.15) is 25.8 Å². The summed E-state index contributed by atoms with van der Waals surface area (Å²) < 4.78 is 12.1. The second kappa shape index (κ2) is 7.19. The summed E-state index contributed by atoms with van der Waals surface area (Å²) >= 11 is 0. The first-order valence-electron chi connectivity index (χ1n) is 9.35. The van der Waals surface area contributed by atoms with Crippen molar-refractivity contribution in [3.8, 4) is 0 Å². The average Bonchev–Trinajstić information content (AvgIpc) is 3.33. The number of nitrogens with zero attached hydrogens (tertiary/aromatic N) is 3. The fourth-order valence-electron chi connectivity index (χ4n) is 3.85. The van der Waals surface area contributed by atoms with E-state index in [1.165, 1.54) is 4.57 Å². The van der Waals surface area contributed by atoms with Crippen molar-refractivity contribution in [1.29, 1.82) is 0 Å². The number of rotatable bonds is 3. The predicted molar refractivity (Wildman–Crippen MR) is 97.3 cm³/mol. The van der Waals surface area contributed by atoms with Crippen molar-refractivity contribution >= 4 is 22.9 Å². The van der Waals surface area contributed by atoms with Crippen molar-refractivity contribution in [2.45, 2.75) is 31.9 Å². The molecule has 144 valence electrons. The van der Waals surface area contributed by atoms with Gasteiger partial charge in [0.2, 0.25) is 5.91 Å². The van der Waals surface area contributed by atoms with E-state index in [0.717, 1.165) is 12.8 Å². The minimum atomic E-state index is -0.665. The van der Waals surface area contributed by atoms with E-state index < -0.39 is 11.8 Å². The lowest BCUT2D eigenvalue weighted by Crippen LogP contribution is -2.54. The molecule has 27 heavy (non-hydrogen) atoms. The number of amides is 2. The Labute approximate surface area is 156 Å². The highest BCUT2D eigenvalue weighted by atomic mass is 16.5. The Kier molecular flexibility index (Phi) is 4.73. The molecule has 8 nitrogen and oxygen atoms in total. The van der Waals surface area contributed by atoms with Gasteiger partial charge in [-0.2, -0.15) is 0 Å². The summed E-state index contributed by atoms with van der Waals surface area (Å²) in [4.78, 5) is 41.0. The number of fused-ring (bicyclic) bond motifs is 1.